The number of benzene rings is 2. The Balaban J connectivity index is 0.00000450. The molecule has 0 aliphatic rings. The first kappa shape index (κ1) is 26.0. The number of hydrogen-bond acceptors (Lipinski definition) is 3. The zero-order valence-corrected chi connectivity index (χ0v) is 19.1. The van der Waals surface area contributed by atoms with Gasteiger partial charge in [0.15, 0.2) is 23.4 Å². The predicted octanol–water partition coefficient (Wildman–Crippen LogP) is 4.15. The molecule has 2 aromatic carbocycles. The minimum absolute atomic E-state index is 0. The Labute approximate surface area is 193 Å². The maximum atomic E-state index is 13.6. The summed E-state index contributed by atoms with van der Waals surface area (Å²) in [6, 6.07) is 7.90. The number of aliphatic imine (C=N–C) groups is 1. The lowest BCUT2D eigenvalue weighted by atomic mass is 10.2. The lowest BCUT2D eigenvalue weighted by molar-refractivity contribution is -0.115. The Bertz CT molecular complexity index is 868. The molecule has 2 rings (SSSR count). The predicted molar refractivity (Wildman–Crippen MR) is 121 cm³/mol. The summed E-state index contributed by atoms with van der Waals surface area (Å²) in [6.07, 6.45) is 0.787. The van der Waals surface area contributed by atoms with Crippen molar-refractivity contribution in [2.24, 2.45) is 4.99 Å². The summed E-state index contributed by atoms with van der Waals surface area (Å²) >= 11 is 1.59. The molecule has 1 amide bonds. The van der Waals surface area contributed by atoms with E-state index in [1.165, 1.54) is 19.2 Å². The van der Waals surface area contributed by atoms with E-state index in [0.29, 0.717) is 12.5 Å². The van der Waals surface area contributed by atoms with Crippen LogP contribution in [0.1, 0.15) is 6.42 Å². The molecule has 0 aromatic heterocycles. The highest BCUT2D eigenvalue weighted by Gasteiger charge is 2.15. The molecule has 0 heterocycles. The maximum absolute atomic E-state index is 13.6. The number of nitrogens with zero attached hydrogens (tertiary/aromatic N) is 1. The molecule has 0 bridgehead atoms. The number of anilines is 1. The zero-order chi connectivity index (χ0) is 21.2. The molecule has 0 saturated carbocycles. The topological polar surface area (TPSA) is 65.5 Å². The fourth-order valence-electron chi connectivity index (χ4n) is 2.20. The van der Waals surface area contributed by atoms with Gasteiger partial charge in [-0.25, -0.2) is 17.6 Å². The molecule has 3 N–H and O–H groups in total. The van der Waals surface area contributed by atoms with E-state index < -0.39 is 29.0 Å². The Hall–Kier alpha value is -2.02. The second-order valence-corrected chi connectivity index (χ2v) is 6.95. The van der Waals surface area contributed by atoms with Crippen LogP contribution in [0.2, 0.25) is 0 Å². The fraction of sp³-hybridized carbons (Fsp3) is 0.263. The molecule has 0 radical (unpaired) electrons. The van der Waals surface area contributed by atoms with Crippen LogP contribution >= 0.6 is 35.7 Å². The summed E-state index contributed by atoms with van der Waals surface area (Å²) in [4.78, 5) is 16.8. The van der Waals surface area contributed by atoms with Gasteiger partial charge in [-0.2, -0.15) is 0 Å². The first-order valence-electron chi connectivity index (χ1n) is 8.67. The summed E-state index contributed by atoms with van der Waals surface area (Å²) in [5, 5.41) is 7.91. The molecule has 2 aromatic rings. The average molecular weight is 556 g/mol. The van der Waals surface area contributed by atoms with Crippen LogP contribution in [0, 0.1) is 23.3 Å². The van der Waals surface area contributed by atoms with Gasteiger partial charge >= 0.3 is 0 Å². The number of halogens is 5. The van der Waals surface area contributed by atoms with Crippen LogP contribution in [0.15, 0.2) is 46.3 Å². The highest BCUT2D eigenvalue weighted by atomic mass is 127. The molecular formula is C19H21F4IN4OS. The summed E-state index contributed by atoms with van der Waals surface area (Å²) in [5.74, 6) is -4.21. The minimum atomic E-state index is -1.65. The third kappa shape index (κ3) is 8.38. The lowest BCUT2D eigenvalue weighted by Crippen LogP contribution is -2.41. The van der Waals surface area contributed by atoms with Crippen LogP contribution in [0.3, 0.4) is 0 Å². The van der Waals surface area contributed by atoms with Gasteiger partial charge in [-0.05, 0) is 48.6 Å². The molecule has 0 aliphatic heterocycles. The second kappa shape index (κ2) is 13.3. The van der Waals surface area contributed by atoms with E-state index in [9.17, 15) is 22.4 Å². The summed E-state index contributed by atoms with van der Waals surface area (Å²) in [5.41, 5.74) is -0.448. The van der Waals surface area contributed by atoms with Crippen molar-refractivity contribution < 1.29 is 22.4 Å². The van der Waals surface area contributed by atoms with Crippen molar-refractivity contribution in [2.45, 2.75) is 11.3 Å². The Morgan fingerprint density at radius 3 is 2.37 bits per heavy atom. The van der Waals surface area contributed by atoms with Crippen molar-refractivity contribution in [3.63, 3.8) is 0 Å². The van der Waals surface area contributed by atoms with E-state index >= 15 is 0 Å². The third-order valence-electron chi connectivity index (χ3n) is 3.65. The van der Waals surface area contributed by atoms with Gasteiger partial charge in [-0.3, -0.25) is 9.79 Å². The lowest BCUT2D eigenvalue weighted by Gasteiger charge is -2.12. The number of nitrogens with one attached hydrogen (secondary N) is 3. The van der Waals surface area contributed by atoms with Crippen LogP contribution < -0.4 is 16.0 Å². The molecule has 0 atom stereocenters. The van der Waals surface area contributed by atoms with Gasteiger partial charge in [-0.15, -0.1) is 35.7 Å². The van der Waals surface area contributed by atoms with Crippen molar-refractivity contribution in [3.8, 4) is 0 Å². The van der Waals surface area contributed by atoms with Crippen LogP contribution in [0.4, 0.5) is 23.2 Å². The van der Waals surface area contributed by atoms with Crippen LogP contribution in [0.5, 0.6) is 0 Å². The number of thioether (sulfide) groups is 1. The molecule has 0 spiro atoms. The van der Waals surface area contributed by atoms with Crippen LogP contribution in [-0.2, 0) is 4.79 Å². The van der Waals surface area contributed by atoms with E-state index in [2.05, 4.69) is 20.9 Å². The van der Waals surface area contributed by atoms with E-state index in [-0.39, 0.29) is 36.3 Å². The van der Waals surface area contributed by atoms with Crippen LogP contribution in [-0.4, -0.2) is 37.8 Å². The molecule has 5 nitrogen and oxygen atoms in total. The molecule has 0 unspecified atom stereocenters. The molecule has 11 heteroatoms. The first-order chi connectivity index (χ1) is 13.9. The quantitative estimate of drug-likeness (QED) is 0.0871. The van der Waals surface area contributed by atoms with Crippen molar-refractivity contribution in [1.29, 1.82) is 0 Å². The number of carbonyl (C=O) groups is 1. The number of carbonyl (C=O) groups excluding carboxylic acids is 1. The van der Waals surface area contributed by atoms with Crippen molar-refractivity contribution in [1.82, 2.24) is 10.6 Å². The van der Waals surface area contributed by atoms with Gasteiger partial charge in [0.25, 0.3) is 0 Å². The number of guanidine groups is 1. The second-order valence-electron chi connectivity index (χ2n) is 5.78. The highest BCUT2D eigenvalue weighted by molar-refractivity contribution is 14.0. The van der Waals surface area contributed by atoms with Gasteiger partial charge in [-0.1, -0.05) is 0 Å². The van der Waals surface area contributed by atoms with Crippen molar-refractivity contribution in [2.75, 3.05) is 31.2 Å². The average Bonchev–Trinajstić information content (AvgIpc) is 2.72. The standard InChI is InChI=1S/C19H20F4N4OS.HI/c1-24-19(25-9-2-10-29-13-5-3-12(20)4-6-13)26-11-16(28)27-15-8-7-14(21)17(22)18(15)23;/h3-8H,2,9-11H2,1H3,(H,27,28)(H2,24,25,26);1H. The number of amides is 1. The Morgan fingerprint density at radius 1 is 1.00 bits per heavy atom. The van der Waals surface area contributed by atoms with E-state index in [4.69, 9.17) is 0 Å². The van der Waals surface area contributed by atoms with Gasteiger partial charge in [0.2, 0.25) is 5.91 Å². The monoisotopic (exact) mass is 556 g/mol. The number of rotatable bonds is 8. The van der Waals surface area contributed by atoms with Gasteiger partial charge in [0, 0.05) is 18.5 Å². The molecular weight excluding hydrogens is 535 g/mol. The molecule has 164 valence electrons. The molecule has 0 saturated heterocycles. The van der Waals surface area contributed by atoms with Gasteiger partial charge < -0.3 is 16.0 Å². The van der Waals surface area contributed by atoms with E-state index in [0.717, 1.165) is 29.2 Å². The number of hydrogen-bond donors (Lipinski definition) is 3. The third-order valence-corrected chi connectivity index (χ3v) is 4.74. The Morgan fingerprint density at radius 2 is 1.70 bits per heavy atom. The van der Waals surface area contributed by atoms with E-state index in [1.807, 2.05) is 0 Å². The SMILES string of the molecule is CN=C(NCCCSc1ccc(F)cc1)NCC(=O)Nc1ccc(F)c(F)c1F.I. The summed E-state index contributed by atoms with van der Waals surface area (Å²) < 4.78 is 52.5. The first-order valence-corrected chi connectivity index (χ1v) is 9.65. The van der Waals surface area contributed by atoms with Gasteiger partial charge in [0.05, 0.1) is 12.2 Å². The highest BCUT2D eigenvalue weighted by Crippen LogP contribution is 2.19. The maximum Gasteiger partial charge on any atom is 0.243 e. The summed E-state index contributed by atoms with van der Waals surface area (Å²) in [7, 11) is 1.52. The molecule has 30 heavy (non-hydrogen) atoms. The van der Waals surface area contributed by atoms with Crippen LogP contribution in [0.25, 0.3) is 0 Å². The van der Waals surface area contributed by atoms with Crippen molar-refractivity contribution in [3.05, 3.63) is 59.7 Å². The smallest absolute Gasteiger partial charge is 0.243 e. The van der Waals surface area contributed by atoms with Gasteiger partial charge in [0.1, 0.15) is 5.82 Å². The molecule has 0 aliphatic carbocycles. The zero-order valence-electron chi connectivity index (χ0n) is 16.0. The minimum Gasteiger partial charge on any atom is -0.356 e. The van der Waals surface area contributed by atoms with Crippen molar-refractivity contribution >= 4 is 53.3 Å². The largest absolute Gasteiger partial charge is 0.356 e. The fourth-order valence-corrected chi connectivity index (χ4v) is 3.05. The Kier molecular flexibility index (Phi) is 11.5. The summed E-state index contributed by atoms with van der Waals surface area (Å²) in [6.45, 7) is 0.329. The molecule has 0 fully saturated rings. The van der Waals surface area contributed by atoms with E-state index in [1.54, 1.807) is 23.9 Å². The normalized spacial score (nSPS) is 10.9.